The first-order chi connectivity index (χ1) is 15.5. The highest BCUT2D eigenvalue weighted by molar-refractivity contribution is 5.65. The highest BCUT2D eigenvalue weighted by Crippen LogP contribution is 2.35. The Morgan fingerprint density at radius 3 is 2.75 bits per heavy atom. The van der Waals surface area contributed by atoms with E-state index in [0.717, 1.165) is 60.1 Å². The van der Waals surface area contributed by atoms with Crippen LogP contribution in [0.3, 0.4) is 0 Å². The van der Waals surface area contributed by atoms with Crippen LogP contribution in [0, 0.1) is 13.8 Å². The Morgan fingerprint density at radius 2 is 2.03 bits per heavy atom. The van der Waals surface area contributed by atoms with Crippen LogP contribution in [-0.4, -0.2) is 42.9 Å². The summed E-state index contributed by atoms with van der Waals surface area (Å²) in [4.78, 5) is 11.4. The third-order valence-corrected chi connectivity index (χ3v) is 6.44. The van der Waals surface area contributed by atoms with Gasteiger partial charge in [-0.25, -0.2) is 4.98 Å². The zero-order valence-corrected chi connectivity index (χ0v) is 18.7. The summed E-state index contributed by atoms with van der Waals surface area (Å²) in [6.07, 6.45) is 6.57. The first-order valence-corrected chi connectivity index (χ1v) is 11.2. The molecule has 0 amide bonds. The normalized spacial score (nSPS) is 19.4. The molecule has 0 aliphatic carbocycles. The van der Waals surface area contributed by atoms with E-state index in [-0.39, 0.29) is 0 Å². The Labute approximate surface area is 186 Å². The molecular formula is C24H28N6O2. The number of anilines is 1. The topological polar surface area (TPSA) is 92.6 Å². The molecule has 8 nitrogen and oxygen atoms in total. The Bertz CT molecular complexity index is 1250. The molecule has 8 heteroatoms. The van der Waals surface area contributed by atoms with Crippen LogP contribution >= 0.6 is 0 Å². The summed E-state index contributed by atoms with van der Waals surface area (Å²) < 4.78 is 7.18. The highest BCUT2D eigenvalue weighted by Gasteiger charge is 2.33. The fraction of sp³-hybridized carbons (Fsp3) is 0.417. The van der Waals surface area contributed by atoms with Gasteiger partial charge in [-0.05, 0) is 45.6 Å². The zero-order chi connectivity index (χ0) is 22.3. The maximum atomic E-state index is 11.4. The van der Waals surface area contributed by atoms with Gasteiger partial charge in [0.2, 0.25) is 0 Å². The fourth-order valence-electron chi connectivity index (χ4n) is 4.74. The van der Waals surface area contributed by atoms with Gasteiger partial charge in [0.15, 0.2) is 5.65 Å². The average Bonchev–Trinajstić information content (AvgIpc) is 3.36. The molecule has 32 heavy (non-hydrogen) atoms. The molecule has 1 fully saturated rings. The molecule has 0 spiro atoms. The molecule has 1 atom stereocenters. The Kier molecular flexibility index (Phi) is 5.17. The molecule has 0 aromatic carbocycles. The minimum absolute atomic E-state index is 0.626. The number of aliphatic hydroxyl groups is 1. The smallest absolute Gasteiger partial charge is 0.158 e. The third-order valence-electron chi connectivity index (χ3n) is 6.44. The quantitative estimate of drug-likeness (QED) is 0.524. The van der Waals surface area contributed by atoms with Crippen molar-refractivity contribution in [3.05, 3.63) is 59.2 Å². The molecule has 1 aliphatic heterocycles. The van der Waals surface area contributed by atoms with Gasteiger partial charge in [-0.15, -0.1) is 0 Å². The molecule has 166 valence electrons. The average molecular weight is 433 g/mol. The highest BCUT2D eigenvalue weighted by atomic mass is 16.5. The van der Waals surface area contributed by atoms with E-state index < -0.39 is 5.60 Å². The van der Waals surface area contributed by atoms with Crippen molar-refractivity contribution in [1.82, 2.24) is 24.7 Å². The standard InChI is InChI=1S/C24H28N6O2/c1-4-19-17(3)26-22-14-20(21-13-16(2)32-28-21)27-30(22)23(19)29-11-6-8-24(31,9-12-29)18-7-5-10-25-15-18/h5,7,10,13-15,31H,4,6,8-9,11-12H2,1-3H3/t24-/m1/s1. The predicted molar refractivity (Wildman–Crippen MR) is 122 cm³/mol. The second-order valence-corrected chi connectivity index (χ2v) is 8.59. The molecule has 0 unspecified atom stereocenters. The first kappa shape index (κ1) is 20.6. The largest absolute Gasteiger partial charge is 0.385 e. The van der Waals surface area contributed by atoms with Gasteiger partial charge in [-0.2, -0.15) is 9.61 Å². The summed E-state index contributed by atoms with van der Waals surface area (Å²) in [5.74, 6) is 1.80. The molecule has 5 heterocycles. The number of rotatable bonds is 4. The van der Waals surface area contributed by atoms with Crippen molar-refractivity contribution in [2.45, 2.75) is 52.1 Å². The number of aryl methyl sites for hydroxylation is 2. The number of aromatic nitrogens is 5. The number of hydrogen-bond acceptors (Lipinski definition) is 7. The van der Waals surface area contributed by atoms with E-state index in [1.165, 1.54) is 5.56 Å². The summed E-state index contributed by atoms with van der Waals surface area (Å²) >= 11 is 0. The van der Waals surface area contributed by atoms with Crippen LogP contribution in [0.25, 0.3) is 17.0 Å². The lowest BCUT2D eigenvalue weighted by Crippen LogP contribution is -2.31. The Hall–Kier alpha value is -3.26. The SMILES string of the molecule is CCc1c(C)nc2cc(-c3cc(C)on3)nn2c1N1CCC[C@](O)(c2cccnc2)CC1. The molecule has 4 aromatic heterocycles. The number of fused-ring (bicyclic) bond motifs is 1. The van der Waals surface area contributed by atoms with Gasteiger partial charge in [0.05, 0.1) is 5.60 Å². The molecule has 4 aromatic rings. The van der Waals surface area contributed by atoms with Crippen molar-refractivity contribution in [3.8, 4) is 11.4 Å². The van der Waals surface area contributed by atoms with Crippen molar-refractivity contribution in [2.75, 3.05) is 18.0 Å². The molecule has 0 radical (unpaired) electrons. The van der Waals surface area contributed by atoms with Crippen LogP contribution in [-0.2, 0) is 12.0 Å². The van der Waals surface area contributed by atoms with Crippen molar-refractivity contribution < 1.29 is 9.63 Å². The molecule has 1 saturated heterocycles. The molecular weight excluding hydrogens is 404 g/mol. The molecule has 5 rings (SSSR count). The summed E-state index contributed by atoms with van der Waals surface area (Å²) in [5.41, 5.74) is 4.43. The second kappa shape index (κ2) is 8.02. The maximum Gasteiger partial charge on any atom is 0.158 e. The molecule has 1 N–H and O–H groups in total. The van der Waals surface area contributed by atoms with Crippen LogP contribution in [0.2, 0.25) is 0 Å². The van der Waals surface area contributed by atoms with E-state index in [2.05, 4.69) is 28.9 Å². The monoisotopic (exact) mass is 432 g/mol. The maximum absolute atomic E-state index is 11.4. The van der Waals surface area contributed by atoms with Crippen molar-refractivity contribution in [1.29, 1.82) is 0 Å². The number of pyridine rings is 1. The van der Waals surface area contributed by atoms with Crippen LogP contribution in [0.15, 0.2) is 41.2 Å². The molecule has 0 saturated carbocycles. The summed E-state index contributed by atoms with van der Waals surface area (Å²) in [7, 11) is 0. The second-order valence-electron chi connectivity index (χ2n) is 8.59. The van der Waals surface area contributed by atoms with E-state index in [1.807, 2.05) is 35.7 Å². The number of hydrogen-bond donors (Lipinski definition) is 1. The van der Waals surface area contributed by atoms with Gasteiger partial charge in [0, 0.05) is 54.4 Å². The van der Waals surface area contributed by atoms with E-state index in [0.29, 0.717) is 18.5 Å². The Balaban J connectivity index is 1.56. The van der Waals surface area contributed by atoms with Crippen LogP contribution in [0.4, 0.5) is 5.82 Å². The predicted octanol–water partition coefficient (Wildman–Crippen LogP) is 3.84. The summed E-state index contributed by atoms with van der Waals surface area (Å²) in [5, 5.41) is 20.4. The van der Waals surface area contributed by atoms with E-state index in [4.69, 9.17) is 14.6 Å². The van der Waals surface area contributed by atoms with Gasteiger partial charge in [0.25, 0.3) is 0 Å². The van der Waals surface area contributed by atoms with Gasteiger partial charge >= 0.3 is 0 Å². The van der Waals surface area contributed by atoms with Crippen molar-refractivity contribution in [2.24, 2.45) is 0 Å². The lowest BCUT2D eigenvalue weighted by atomic mass is 9.88. The van der Waals surface area contributed by atoms with E-state index >= 15 is 0 Å². The minimum atomic E-state index is -0.871. The number of nitrogens with zero attached hydrogens (tertiary/aromatic N) is 6. The van der Waals surface area contributed by atoms with Crippen molar-refractivity contribution in [3.63, 3.8) is 0 Å². The first-order valence-electron chi connectivity index (χ1n) is 11.2. The van der Waals surface area contributed by atoms with Crippen molar-refractivity contribution >= 4 is 11.5 Å². The van der Waals surface area contributed by atoms with Gasteiger partial charge in [0.1, 0.15) is 23.0 Å². The van der Waals surface area contributed by atoms with Gasteiger partial charge in [-0.1, -0.05) is 18.1 Å². The third kappa shape index (κ3) is 3.54. The summed E-state index contributed by atoms with van der Waals surface area (Å²) in [6.45, 7) is 7.63. The van der Waals surface area contributed by atoms with Gasteiger partial charge in [-0.3, -0.25) is 4.98 Å². The minimum Gasteiger partial charge on any atom is -0.385 e. The molecule has 0 bridgehead atoms. The van der Waals surface area contributed by atoms with E-state index in [1.54, 1.807) is 12.4 Å². The molecule has 1 aliphatic rings. The van der Waals surface area contributed by atoms with Crippen LogP contribution < -0.4 is 4.90 Å². The Morgan fingerprint density at radius 1 is 1.16 bits per heavy atom. The van der Waals surface area contributed by atoms with Crippen LogP contribution in [0.5, 0.6) is 0 Å². The lowest BCUT2D eigenvalue weighted by Gasteiger charge is -2.29. The van der Waals surface area contributed by atoms with E-state index in [9.17, 15) is 5.11 Å². The van der Waals surface area contributed by atoms with Crippen LogP contribution in [0.1, 0.15) is 48.8 Å². The van der Waals surface area contributed by atoms with Gasteiger partial charge < -0.3 is 14.5 Å². The summed E-state index contributed by atoms with van der Waals surface area (Å²) in [6, 6.07) is 7.69. The zero-order valence-electron chi connectivity index (χ0n) is 18.7. The lowest BCUT2D eigenvalue weighted by molar-refractivity contribution is 0.0241. The fourth-order valence-corrected chi connectivity index (χ4v) is 4.74.